The quantitative estimate of drug-likeness (QED) is 0.361. The molecule has 6 nitrogen and oxygen atoms in total. The number of H-pyrrole nitrogens is 1. The smallest absolute Gasteiger partial charge is 0.257 e. The Morgan fingerprint density at radius 3 is 2.52 bits per heavy atom. The highest BCUT2D eigenvalue weighted by atomic mass is 16.1. The molecule has 0 unspecified atom stereocenters. The van der Waals surface area contributed by atoms with E-state index in [0.29, 0.717) is 16.9 Å². The number of nitrogens with one attached hydrogen (secondary N) is 2. The molecule has 0 atom stereocenters. The van der Waals surface area contributed by atoms with Gasteiger partial charge in [0.2, 0.25) is 0 Å². The van der Waals surface area contributed by atoms with Crippen molar-refractivity contribution in [1.29, 1.82) is 5.26 Å². The lowest BCUT2D eigenvalue weighted by Gasteiger charge is -2.31. The molecule has 0 spiro atoms. The average molecular weight is 436 g/mol. The normalized spacial score (nSPS) is 14.8. The van der Waals surface area contributed by atoms with Gasteiger partial charge in [-0.25, -0.2) is 4.98 Å². The van der Waals surface area contributed by atoms with E-state index >= 15 is 0 Å². The van der Waals surface area contributed by atoms with Gasteiger partial charge in [-0.15, -0.1) is 0 Å². The predicted molar refractivity (Wildman–Crippen MR) is 130 cm³/mol. The van der Waals surface area contributed by atoms with E-state index in [4.69, 9.17) is 10.2 Å². The Bertz CT molecular complexity index is 1350. The molecule has 2 aromatic heterocycles. The molecule has 6 heteroatoms. The van der Waals surface area contributed by atoms with Crippen molar-refractivity contribution in [2.24, 2.45) is 0 Å². The second kappa shape index (κ2) is 9.27. The van der Waals surface area contributed by atoms with Crippen LogP contribution in [0.15, 0.2) is 77.7 Å². The van der Waals surface area contributed by atoms with Crippen molar-refractivity contribution in [3.8, 4) is 28.6 Å². The molecule has 0 aliphatic carbocycles. The van der Waals surface area contributed by atoms with Crippen molar-refractivity contribution >= 4 is 10.9 Å². The second-order valence-electron chi connectivity index (χ2n) is 8.49. The van der Waals surface area contributed by atoms with Gasteiger partial charge in [0.1, 0.15) is 0 Å². The van der Waals surface area contributed by atoms with E-state index in [0.717, 1.165) is 54.9 Å². The number of hydrogen-bond acceptors (Lipinski definition) is 5. The van der Waals surface area contributed by atoms with Crippen LogP contribution in [0.1, 0.15) is 18.4 Å². The van der Waals surface area contributed by atoms with E-state index in [2.05, 4.69) is 45.7 Å². The first-order valence-electron chi connectivity index (χ1n) is 11.3. The number of rotatable bonds is 5. The zero-order valence-electron chi connectivity index (χ0n) is 18.3. The van der Waals surface area contributed by atoms with Gasteiger partial charge in [0.05, 0.1) is 16.6 Å². The Morgan fingerprint density at radius 2 is 1.79 bits per heavy atom. The molecule has 1 saturated heterocycles. The molecule has 1 aliphatic rings. The van der Waals surface area contributed by atoms with Crippen LogP contribution in [-0.4, -0.2) is 34.0 Å². The topological polar surface area (TPSA) is 84.8 Å². The highest BCUT2D eigenvalue weighted by Crippen LogP contribution is 2.32. The number of piperidine rings is 1. The lowest BCUT2D eigenvalue weighted by molar-refractivity contribution is 0.197. The van der Waals surface area contributed by atoms with E-state index in [9.17, 15) is 4.79 Å². The van der Waals surface area contributed by atoms with Crippen LogP contribution in [0.5, 0.6) is 0 Å². The zero-order valence-corrected chi connectivity index (χ0v) is 18.3. The van der Waals surface area contributed by atoms with Crippen LogP contribution >= 0.6 is 0 Å². The number of nitrogens with zero attached hydrogens (tertiary/aromatic N) is 3. The van der Waals surface area contributed by atoms with Gasteiger partial charge in [-0.1, -0.05) is 54.6 Å². The molecule has 164 valence electrons. The summed E-state index contributed by atoms with van der Waals surface area (Å²) >= 11 is 0. The second-order valence-corrected chi connectivity index (χ2v) is 8.49. The standard InChI is InChI=1S/C27H25N5O/c28-18-30-22-11-14-32(15-12-22)17-19-6-8-21(9-7-19)26-23(20-4-2-1-3-5-20)16-24-25(31-26)10-13-29-27(24)33/h1-10,13,16,22,30H,11-12,14-15,17H2,(H,29,33). The molecule has 1 aliphatic heterocycles. The van der Waals surface area contributed by atoms with E-state index in [1.54, 1.807) is 6.20 Å². The van der Waals surface area contributed by atoms with Crippen LogP contribution in [0, 0.1) is 11.5 Å². The Morgan fingerprint density at radius 1 is 1.03 bits per heavy atom. The lowest BCUT2D eigenvalue weighted by Crippen LogP contribution is -2.40. The fourth-order valence-electron chi connectivity index (χ4n) is 4.52. The molecular formula is C27H25N5O. The number of nitriles is 1. The molecular weight excluding hydrogens is 410 g/mol. The Hall–Kier alpha value is -3.95. The highest BCUT2D eigenvalue weighted by molar-refractivity contribution is 5.91. The summed E-state index contributed by atoms with van der Waals surface area (Å²) < 4.78 is 0. The van der Waals surface area contributed by atoms with Gasteiger partial charge < -0.3 is 10.3 Å². The average Bonchev–Trinajstić information content (AvgIpc) is 2.86. The van der Waals surface area contributed by atoms with Gasteiger partial charge >= 0.3 is 0 Å². The summed E-state index contributed by atoms with van der Waals surface area (Å²) in [5.41, 5.74) is 5.68. The van der Waals surface area contributed by atoms with Crippen molar-refractivity contribution < 1.29 is 0 Å². The summed E-state index contributed by atoms with van der Waals surface area (Å²) in [5.74, 6) is 0. The van der Waals surface area contributed by atoms with Crippen LogP contribution in [0.4, 0.5) is 0 Å². The highest BCUT2D eigenvalue weighted by Gasteiger charge is 2.19. The number of pyridine rings is 2. The van der Waals surface area contributed by atoms with Crippen molar-refractivity contribution in [2.45, 2.75) is 25.4 Å². The molecule has 0 bridgehead atoms. The number of benzene rings is 2. The largest absolute Gasteiger partial charge is 0.328 e. The van der Waals surface area contributed by atoms with Gasteiger partial charge in [-0.05, 0) is 36.1 Å². The molecule has 0 radical (unpaired) electrons. The Balaban J connectivity index is 1.44. The third kappa shape index (κ3) is 4.50. The van der Waals surface area contributed by atoms with Gasteiger partial charge in [0, 0.05) is 43.0 Å². The third-order valence-corrected chi connectivity index (χ3v) is 6.33. The van der Waals surface area contributed by atoms with E-state index in [1.807, 2.05) is 42.5 Å². The number of fused-ring (bicyclic) bond motifs is 1. The van der Waals surface area contributed by atoms with Gasteiger partial charge in [-0.2, -0.15) is 5.26 Å². The molecule has 2 aromatic carbocycles. The van der Waals surface area contributed by atoms with E-state index in [-0.39, 0.29) is 5.56 Å². The van der Waals surface area contributed by atoms with Crippen molar-refractivity contribution in [3.63, 3.8) is 0 Å². The third-order valence-electron chi connectivity index (χ3n) is 6.33. The molecule has 1 fully saturated rings. The molecule has 33 heavy (non-hydrogen) atoms. The van der Waals surface area contributed by atoms with Crippen LogP contribution in [0.25, 0.3) is 33.3 Å². The summed E-state index contributed by atoms with van der Waals surface area (Å²) in [4.78, 5) is 22.4. The molecule has 5 rings (SSSR count). The number of likely N-dealkylation sites (tertiary alicyclic amines) is 1. The lowest BCUT2D eigenvalue weighted by atomic mass is 9.97. The maximum atomic E-state index is 12.4. The van der Waals surface area contributed by atoms with Gasteiger partial charge in [-0.3, -0.25) is 9.69 Å². The summed E-state index contributed by atoms with van der Waals surface area (Å²) in [6, 6.07) is 22.7. The first-order chi connectivity index (χ1) is 16.2. The monoisotopic (exact) mass is 435 g/mol. The summed E-state index contributed by atoms with van der Waals surface area (Å²) in [7, 11) is 0. The molecule has 0 amide bonds. The fourth-order valence-corrected chi connectivity index (χ4v) is 4.52. The Labute approximate surface area is 192 Å². The molecule has 2 N–H and O–H groups in total. The van der Waals surface area contributed by atoms with E-state index in [1.165, 1.54) is 5.56 Å². The first kappa shape index (κ1) is 20.9. The van der Waals surface area contributed by atoms with Crippen molar-refractivity contribution in [1.82, 2.24) is 20.2 Å². The molecule has 0 saturated carbocycles. The number of aromatic nitrogens is 2. The maximum absolute atomic E-state index is 12.4. The Kier molecular flexibility index (Phi) is 5.88. The number of aromatic amines is 1. The molecule has 3 heterocycles. The van der Waals surface area contributed by atoms with Gasteiger partial charge in [0.25, 0.3) is 5.56 Å². The summed E-state index contributed by atoms with van der Waals surface area (Å²) in [5, 5.41) is 12.3. The van der Waals surface area contributed by atoms with Crippen molar-refractivity contribution in [3.05, 3.63) is 88.8 Å². The predicted octanol–water partition coefficient (Wildman–Crippen LogP) is 4.29. The van der Waals surface area contributed by atoms with E-state index < -0.39 is 0 Å². The fraction of sp³-hybridized carbons (Fsp3) is 0.222. The maximum Gasteiger partial charge on any atom is 0.257 e. The van der Waals surface area contributed by atoms with Crippen LogP contribution in [-0.2, 0) is 6.54 Å². The van der Waals surface area contributed by atoms with Crippen LogP contribution in [0.2, 0.25) is 0 Å². The molecule has 4 aromatic rings. The van der Waals surface area contributed by atoms with Crippen LogP contribution < -0.4 is 10.9 Å². The van der Waals surface area contributed by atoms with Crippen LogP contribution in [0.3, 0.4) is 0 Å². The summed E-state index contributed by atoms with van der Waals surface area (Å²) in [6.07, 6.45) is 5.69. The minimum atomic E-state index is -0.132. The zero-order chi connectivity index (χ0) is 22.6. The SMILES string of the molecule is N#CNC1CCN(Cc2ccc(-c3nc4cc[nH]c(=O)c4cc3-c3ccccc3)cc2)CC1. The minimum Gasteiger partial charge on any atom is -0.328 e. The van der Waals surface area contributed by atoms with Crippen molar-refractivity contribution in [2.75, 3.05) is 13.1 Å². The minimum absolute atomic E-state index is 0.132. The van der Waals surface area contributed by atoms with Gasteiger partial charge in [0.15, 0.2) is 6.19 Å². The first-order valence-corrected chi connectivity index (χ1v) is 11.3. The summed E-state index contributed by atoms with van der Waals surface area (Å²) in [6.45, 7) is 2.87. The number of hydrogen-bond donors (Lipinski definition) is 2.